The predicted molar refractivity (Wildman–Crippen MR) is 84.7 cm³/mol. The first-order valence-electron chi connectivity index (χ1n) is 7.52. The number of carbonyl (C=O) groups excluding carboxylic acids is 1. The van der Waals surface area contributed by atoms with Gasteiger partial charge >= 0.3 is 0 Å². The predicted octanol–water partition coefficient (Wildman–Crippen LogP) is 3.13. The normalized spacial score (nSPS) is 23.3. The minimum Gasteiger partial charge on any atom is -0.373 e. The number of Topliss-reactive ketones (excluding diaryl/α,β-unsaturated/α-hetero) is 1. The van der Waals surface area contributed by atoms with Gasteiger partial charge in [0.25, 0.3) is 0 Å². The van der Waals surface area contributed by atoms with Gasteiger partial charge in [-0.2, -0.15) is 0 Å². The summed E-state index contributed by atoms with van der Waals surface area (Å²) in [7, 11) is 0. The Morgan fingerprint density at radius 3 is 2.52 bits per heavy atom. The number of hydrogen-bond donors (Lipinski definition) is 0. The van der Waals surface area contributed by atoms with Crippen LogP contribution in [0.1, 0.15) is 24.2 Å². The van der Waals surface area contributed by atoms with Crippen LogP contribution in [0.25, 0.3) is 10.8 Å². The monoisotopic (exact) mass is 283 g/mol. The lowest BCUT2D eigenvalue weighted by Crippen LogP contribution is -2.47. The molecular weight excluding hydrogens is 262 g/mol. The van der Waals surface area contributed by atoms with Gasteiger partial charge in [-0.25, -0.2) is 0 Å². The zero-order valence-corrected chi connectivity index (χ0v) is 12.6. The molecule has 2 atom stereocenters. The van der Waals surface area contributed by atoms with Crippen LogP contribution in [0.4, 0.5) is 0 Å². The number of nitrogens with zero attached hydrogens (tertiary/aromatic N) is 1. The quantitative estimate of drug-likeness (QED) is 0.811. The highest BCUT2D eigenvalue weighted by molar-refractivity contribution is 6.09. The van der Waals surface area contributed by atoms with Crippen molar-refractivity contribution in [1.82, 2.24) is 4.90 Å². The van der Waals surface area contributed by atoms with Crippen LogP contribution in [0.2, 0.25) is 0 Å². The van der Waals surface area contributed by atoms with Crippen molar-refractivity contribution < 1.29 is 9.53 Å². The highest BCUT2D eigenvalue weighted by Gasteiger charge is 2.24. The molecule has 1 aliphatic rings. The Labute approximate surface area is 125 Å². The number of fused-ring (bicyclic) bond motifs is 1. The molecule has 3 rings (SSSR count). The summed E-state index contributed by atoms with van der Waals surface area (Å²) in [5.41, 5.74) is 0.819. The maximum Gasteiger partial charge on any atom is 0.177 e. The molecule has 3 nitrogen and oxygen atoms in total. The third-order valence-electron chi connectivity index (χ3n) is 3.95. The summed E-state index contributed by atoms with van der Waals surface area (Å²) in [5, 5.41) is 2.16. The fourth-order valence-corrected chi connectivity index (χ4v) is 3.17. The largest absolute Gasteiger partial charge is 0.373 e. The Hall–Kier alpha value is -1.71. The van der Waals surface area contributed by atoms with E-state index in [4.69, 9.17) is 4.74 Å². The molecule has 2 aromatic carbocycles. The molecule has 1 saturated heterocycles. The van der Waals surface area contributed by atoms with Crippen molar-refractivity contribution >= 4 is 16.6 Å². The molecule has 0 aliphatic carbocycles. The summed E-state index contributed by atoms with van der Waals surface area (Å²) >= 11 is 0. The first kappa shape index (κ1) is 14.2. The van der Waals surface area contributed by atoms with Gasteiger partial charge in [0.2, 0.25) is 0 Å². The molecule has 0 aromatic heterocycles. The van der Waals surface area contributed by atoms with E-state index in [-0.39, 0.29) is 18.0 Å². The Bertz CT molecular complexity index is 637. The van der Waals surface area contributed by atoms with E-state index in [2.05, 4.69) is 18.7 Å². The molecule has 1 heterocycles. The van der Waals surface area contributed by atoms with E-state index in [0.717, 1.165) is 29.4 Å². The molecule has 21 heavy (non-hydrogen) atoms. The van der Waals surface area contributed by atoms with Gasteiger partial charge in [-0.1, -0.05) is 42.5 Å². The van der Waals surface area contributed by atoms with E-state index in [1.807, 2.05) is 42.5 Å². The molecule has 0 radical (unpaired) electrons. The minimum absolute atomic E-state index is 0.188. The molecule has 110 valence electrons. The molecule has 0 spiro atoms. The molecule has 1 aliphatic heterocycles. The van der Waals surface area contributed by atoms with E-state index in [0.29, 0.717) is 6.54 Å². The molecule has 0 bridgehead atoms. The van der Waals surface area contributed by atoms with Crippen LogP contribution in [-0.4, -0.2) is 42.5 Å². The van der Waals surface area contributed by atoms with E-state index >= 15 is 0 Å². The summed E-state index contributed by atoms with van der Waals surface area (Å²) in [6, 6.07) is 14.0. The number of hydrogen-bond acceptors (Lipinski definition) is 3. The van der Waals surface area contributed by atoms with Crippen LogP contribution in [0.5, 0.6) is 0 Å². The Kier molecular flexibility index (Phi) is 4.04. The van der Waals surface area contributed by atoms with Crippen LogP contribution >= 0.6 is 0 Å². The zero-order chi connectivity index (χ0) is 14.8. The van der Waals surface area contributed by atoms with E-state index in [9.17, 15) is 4.79 Å². The number of morpholine rings is 1. The lowest BCUT2D eigenvalue weighted by atomic mass is 10.0. The fraction of sp³-hybridized carbons (Fsp3) is 0.389. The van der Waals surface area contributed by atoms with Crippen molar-refractivity contribution in [2.75, 3.05) is 19.6 Å². The number of ether oxygens (including phenoxy) is 1. The first-order valence-corrected chi connectivity index (χ1v) is 7.52. The molecule has 0 saturated carbocycles. The number of benzene rings is 2. The molecule has 2 unspecified atom stereocenters. The van der Waals surface area contributed by atoms with Crippen molar-refractivity contribution in [3.8, 4) is 0 Å². The van der Waals surface area contributed by atoms with Gasteiger partial charge in [-0.15, -0.1) is 0 Å². The maximum atomic E-state index is 12.7. The lowest BCUT2D eigenvalue weighted by Gasteiger charge is -2.34. The van der Waals surface area contributed by atoms with Gasteiger partial charge in [-0.05, 0) is 24.6 Å². The number of carbonyl (C=O) groups is 1. The highest BCUT2D eigenvalue weighted by Crippen LogP contribution is 2.20. The summed E-state index contributed by atoms with van der Waals surface area (Å²) < 4.78 is 5.72. The smallest absolute Gasteiger partial charge is 0.177 e. The lowest BCUT2D eigenvalue weighted by molar-refractivity contribution is -0.0652. The van der Waals surface area contributed by atoms with Crippen LogP contribution in [0.3, 0.4) is 0 Å². The Morgan fingerprint density at radius 2 is 1.76 bits per heavy atom. The van der Waals surface area contributed by atoms with Gasteiger partial charge in [0.05, 0.1) is 18.8 Å². The number of rotatable bonds is 3. The molecule has 1 fully saturated rings. The highest BCUT2D eigenvalue weighted by atomic mass is 16.5. The van der Waals surface area contributed by atoms with Gasteiger partial charge in [-0.3, -0.25) is 9.69 Å². The third kappa shape index (κ3) is 3.14. The first-order chi connectivity index (χ1) is 10.1. The summed E-state index contributed by atoms with van der Waals surface area (Å²) in [4.78, 5) is 14.9. The molecule has 0 N–H and O–H groups in total. The second kappa shape index (κ2) is 5.96. The van der Waals surface area contributed by atoms with E-state index in [1.165, 1.54) is 0 Å². The van der Waals surface area contributed by atoms with Crippen molar-refractivity contribution in [3.63, 3.8) is 0 Å². The second-order valence-corrected chi connectivity index (χ2v) is 5.90. The van der Waals surface area contributed by atoms with Crippen LogP contribution in [0, 0.1) is 0 Å². The van der Waals surface area contributed by atoms with Crippen molar-refractivity contribution in [2.24, 2.45) is 0 Å². The van der Waals surface area contributed by atoms with Crippen LogP contribution in [-0.2, 0) is 4.74 Å². The van der Waals surface area contributed by atoms with Gasteiger partial charge in [0, 0.05) is 18.7 Å². The van der Waals surface area contributed by atoms with E-state index < -0.39 is 0 Å². The SMILES string of the molecule is CC1CN(CC(=O)c2cccc3ccccc23)CC(C)O1. The average molecular weight is 283 g/mol. The summed E-state index contributed by atoms with van der Waals surface area (Å²) in [6.45, 7) is 6.23. The van der Waals surface area contributed by atoms with Crippen molar-refractivity contribution in [2.45, 2.75) is 26.1 Å². The van der Waals surface area contributed by atoms with E-state index in [1.54, 1.807) is 0 Å². The van der Waals surface area contributed by atoms with Gasteiger partial charge in [0.1, 0.15) is 0 Å². The average Bonchev–Trinajstić information content (AvgIpc) is 2.45. The fourth-order valence-electron chi connectivity index (χ4n) is 3.17. The minimum atomic E-state index is 0.188. The number of ketones is 1. The van der Waals surface area contributed by atoms with Gasteiger partial charge < -0.3 is 4.74 Å². The zero-order valence-electron chi connectivity index (χ0n) is 12.6. The second-order valence-electron chi connectivity index (χ2n) is 5.90. The molecular formula is C18H21NO2. The van der Waals surface area contributed by atoms with Crippen LogP contribution < -0.4 is 0 Å². The molecule has 0 amide bonds. The third-order valence-corrected chi connectivity index (χ3v) is 3.95. The molecule has 3 heteroatoms. The van der Waals surface area contributed by atoms with Crippen LogP contribution in [0.15, 0.2) is 42.5 Å². The Balaban J connectivity index is 1.81. The standard InChI is InChI=1S/C18H21NO2/c1-13-10-19(11-14(2)21-13)12-18(20)17-9-5-7-15-6-3-4-8-16(15)17/h3-9,13-14H,10-12H2,1-2H3. The maximum absolute atomic E-state index is 12.7. The van der Waals surface area contributed by atoms with Crippen molar-refractivity contribution in [3.05, 3.63) is 48.0 Å². The van der Waals surface area contributed by atoms with Gasteiger partial charge in [0.15, 0.2) is 5.78 Å². The summed E-state index contributed by atoms with van der Waals surface area (Å²) in [5.74, 6) is 0.188. The summed E-state index contributed by atoms with van der Waals surface area (Å²) in [6.07, 6.45) is 0.378. The van der Waals surface area contributed by atoms with Crippen molar-refractivity contribution in [1.29, 1.82) is 0 Å². The topological polar surface area (TPSA) is 29.5 Å². The Morgan fingerprint density at radius 1 is 1.10 bits per heavy atom. The molecule has 2 aromatic rings.